The van der Waals surface area contributed by atoms with Crippen LogP contribution in [0.4, 0.5) is 4.39 Å². The van der Waals surface area contributed by atoms with Crippen molar-refractivity contribution >= 4 is 10.9 Å². The molecule has 0 unspecified atom stereocenters. The Bertz CT molecular complexity index is 664. The number of hydrogen-bond donors (Lipinski definition) is 1. The number of methoxy groups -OCH3 is 1. The van der Waals surface area contributed by atoms with Crippen LogP contribution in [0.2, 0.25) is 0 Å². The third kappa shape index (κ3) is 1.55. The number of ether oxygens (including phenoxy) is 1. The molecule has 86 valence electrons. The van der Waals surface area contributed by atoms with Crippen molar-refractivity contribution in [3.8, 4) is 5.75 Å². The first-order valence-corrected chi connectivity index (χ1v) is 4.75. The first-order chi connectivity index (χ1) is 9.11. The summed E-state index contributed by atoms with van der Waals surface area (Å²) in [6, 6.07) is 4.13. The molecule has 1 aromatic carbocycles. The first kappa shape index (κ1) is 6.91. The standard InChI is InChI=1S/C12H15FN2O/c1-8-7-9-11(16-2)4-3-10(13)12(9)15(8)6-5-14/h3-4,7H,5-6,14H2,1-2H3/i5D2,6D2. The predicted molar refractivity (Wildman–Crippen MR) is 62.2 cm³/mol. The van der Waals surface area contributed by atoms with Crippen LogP contribution in [0.5, 0.6) is 5.75 Å². The van der Waals surface area contributed by atoms with Crippen LogP contribution in [-0.2, 0) is 6.50 Å². The summed E-state index contributed by atoms with van der Waals surface area (Å²) >= 11 is 0. The lowest BCUT2D eigenvalue weighted by atomic mass is 10.2. The molecule has 16 heavy (non-hydrogen) atoms. The molecule has 0 aliphatic rings. The van der Waals surface area contributed by atoms with E-state index in [1.807, 2.05) is 0 Å². The SMILES string of the molecule is [2H]C([2H])(N)C([2H])([2H])n1c(C)cc2c(OC)ccc(F)c21. The number of aryl methyl sites for hydroxylation is 2. The molecule has 1 aromatic heterocycles. The highest BCUT2D eigenvalue weighted by Gasteiger charge is 2.13. The molecule has 0 aliphatic heterocycles. The second-order valence-electron chi connectivity index (χ2n) is 3.39. The van der Waals surface area contributed by atoms with Gasteiger partial charge >= 0.3 is 0 Å². The maximum Gasteiger partial charge on any atom is 0.147 e. The van der Waals surface area contributed by atoms with E-state index in [4.69, 9.17) is 16.0 Å². The largest absolute Gasteiger partial charge is 0.496 e. The van der Waals surface area contributed by atoms with Crippen molar-refractivity contribution in [3.63, 3.8) is 0 Å². The van der Waals surface area contributed by atoms with Crippen molar-refractivity contribution in [1.82, 2.24) is 4.57 Å². The lowest BCUT2D eigenvalue weighted by molar-refractivity contribution is 0.419. The Morgan fingerprint density at radius 1 is 1.56 bits per heavy atom. The van der Waals surface area contributed by atoms with Crippen LogP contribution in [0.25, 0.3) is 10.9 Å². The molecule has 0 bridgehead atoms. The topological polar surface area (TPSA) is 40.2 Å². The number of nitrogens with two attached hydrogens (primary N) is 1. The normalized spacial score (nSPS) is 16.5. The molecule has 0 radical (unpaired) electrons. The van der Waals surface area contributed by atoms with Gasteiger partial charge in [-0.1, -0.05) is 0 Å². The summed E-state index contributed by atoms with van der Waals surface area (Å²) in [5, 5.41) is 0.373. The molecule has 0 atom stereocenters. The summed E-state index contributed by atoms with van der Waals surface area (Å²) in [6.07, 6.45) is 0. The molecular formula is C12H15FN2O. The van der Waals surface area contributed by atoms with Gasteiger partial charge in [0.25, 0.3) is 0 Å². The van der Waals surface area contributed by atoms with Gasteiger partial charge in [0.2, 0.25) is 0 Å². The quantitative estimate of drug-likeness (QED) is 0.870. The van der Waals surface area contributed by atoms with Gasteiger partial charge in [-0.2, -0.15) is 0 Å². The lowest BCUT2D eigenvalue weighted by Gasteiger charge is -2.08. The number of halogens is 1. The number of benzene rings is 1. The van der Waals surface area contributed by atoms with Crippen LogP contribution >= 0.6 is 0 Å². The zero-order valence-electron chi connectivity index (χ0n) is 13.0. The zero-order chi connectivity index (χ0) is 15.3. The second kappa shape index (κ2) is 4.14. The van der Waals surface area contributed by atoms with Crippen LogP contribution in [-0.4, -0.2) is 18.2 Å². The molecule has 0 saturated heterocycles. The molecule has 0 saturated carbocycles. The van der Waals surface area contributed by atoms with Gasteiger partial charge in [-0.05, 0) is 25.1 Å². The fraction of sp³-hybridized carbons (Fsp3) is 0.333. The number of hydrogen-bond acceptors (Lipinski definition) is 2. The molecule has 0 spiro atoms. The van der Waals surface area contributed by atoms with Gasteiger partial charge in [-0.3, -0.25) is 0 Å². The molecule has 0 aliphatic carbocycles. The molecule has 2 aromatic rings. The van der Waals surface area contributed by atoms with Gasteiger partial charge in [0.05, 0.1) is 15.4 Å². The van der Waals surface area contributed by atoms with Crippen LogP contribution in [0, 0.1) is 12.7 Å². The highest BCUT2D eigenvalue weighted by molar-refractivity contribution is 5.88. The molecule has 1 heterocycles. The third-order valence-corrected chi connectivity index (χ3v) is 2.45. The molecule has 4 heteroatoms. The smallest absolute Gasteiger partial charge is 0.147 e. The predicted octanol–water partition coefficient (Wildman–Crippen LogP) is 2.06. The molecule has 0 amide bonds. The van der Waals surface area contributed by atoms with Crippen molar-refractivity contribution in [2.24, 2.45) is 5.73 Å². The Labute approximate surface area is 99.2 Å². The Balaban J connectivity index is 2.88. The minimum absolute atomic E-state index is 0.0684. The third-order valence-electron chi connectivity index (χ3n) is 2.45. The van der Waals surface area contributed by atoms with E-state index in [1.165, 1.54) is 13.2 Å². The summed E-state index contributed by atoms with van der Waals surface area (Å²) in [6.45, 7) is -3.71. The van der Waals surface area contributed by atoms with Crippen LogP contribution in [0.3, 0.4) is 0 Å². The highest BCUT2D eigenvalue weighted by Crippen LogP contribution is 2.30. The summed E-state index contributed by atoms with van der Waals surface area (Å²) in [5.74, 6) is -0.279. The monoisotopic (exact) mass is 226 g/mol. The number of rotatable bonds is 3. The lowest BCUT2D eigenvalue weighted by Crippen LogP contribution is -2.11. The van der Waals surface area contributed by atoms with E-state index in [0.717, 1.165) is 10.6 Å². The van der Waals surface area contributed by atoms with Gasteiger partial charge in [0, 0.05) is 26.8 Å². The summed E-state index contributed by atoms with van der Waals surface area (Å²) in [5.41, 5.74) is 5.55. The summed E-state index contributed by atoms with van der Waals surface area (Å²) in [7, 11) is 1.43. The Morgan fingerprint density at radius 3 is 2.94 bits per heavy atom. The number of fused-ring (bicyclic) bond motifs is 1. The Hall–Kier alpha value is -1.55. The van der Waals surface area contributed by atoms with E-state index in [-0.39, 0.29) is 5.52 Å². The van der Waals surface area contributed by atoms with E-state index in [0.29, 0.717) is 16.8 Å². The van der Waals surface area contributed by atoms with E-state index >= 15 is 0 Å². The summed E-state index contributed by atoms with van der Waals surface area (Å²) in [4.78, 5) is 0. The van der Waals surface area contributed by atoms with Gasteiger partial charge < -0.3 is 15.0 Å². The maximum atomic E-state index is 14.1. The van der Waals surface area contributed by atoms with Gasteiger partial charge in [-0.25, -0.2) is 4.39 Å². The number of nitrogens with zero attached hydrogens (tertiary/aromatic N) is 1. The van der Waals surface area contributed by atoms with E-state index in [9.17, 15) is 4.39 Å². The Morgan fingerprint density at radius 2 is 2.31 bits per heavy atom. The Kier molecular flexibility index (Phi) is 1.79. The van der Waals surface area contributed by atoms with Crippen LogP contribution in [0.1, 0.15) is 11.2 Å². The van der Waals surface area contributed by atoms with Gasteiger partial charge in [-0.15, -0.1) is 0 Å². The first-order valence-electron chi connectivity index (χ1n) is 6.75. The van der Waals surface area contributed by atoms with Gasteiger partial charge in [0.1, 0.15) is 11.6 Å². The van der Waals surface area contributed by atoms with E-state index < -0.39 is 18.8 Å². The summed E-state index contributed by atoms with van der Waals surface area (Å²) < 4.78 is 50.8. The number of aromatic nitrogens is 1. The van der Waals surface area contributed by atoms with Crippen molar-refractivity contribution in [2.45, 2.75) is 13.4 Å². The molecule has 3 nitrogen and oxygen atoms in total. The van der Waals surface area contributed by atoms with Crippen molar-refractivity contribution in [1.29, 1.82) is 0 Å². The fourth-order valence-electron chi connectivity index (χ4n) is 1.77. The van der Waals surface area contributed by atoms with Crippen LogP contribution < -0.4 is 10.5 Å². The molecular weight excluding hydrogens is 207 g/mol. The molecule has 2 rings (SSSR count). The average Bonchev–Trinajstić information content (AvgIpc) is 2.66. The minimum atomic E-state index is -2.67. The second-order valence-corrected chi connectivity index (χ2v) is 3.39. The zero-order valence-corrected chi connectivity index (χ0v) is 9.04. The molecule has 2 N–H and O–H groups in total. The van der Waals surface area contributed by atoms with Crippen molar-refractivity contribution in [3.05, 3.63) is 29.7 Å². The van der Waals surface area contributed by atoms with Crippen LogP contribution in [0.15, 0.2) is 18.2 Å². The van der Waals surface area contributed by atoms with Gasteiger partial charge in [0.15, 0.2) is 0 Å². The highest BCUT2D eigenvalue weighted by atomic mass is 19.1. The van der Waals surface area contributed by atoms with E-state index in [2.05, 4.69) is 0 Å². The fourth-order valence-corrected chi connectivity index (χ4v) is 1.77. The average molecular weight is 226 g/mol. The molecule has 0 fully saturated rings. The maximum absolute atomic E-state index is 14.1. The van der Waals surface area contributed by atoms with E-state index in [1.54, 1.807) is 13.0 Å². The van der Waals surface area contributed by atoms with Crippen molar-refractivity contribution < 1.29 is 14.6 Å². The van der Waals surface area contributed by atoms with Crippen molar-refractivity contribution in [2.75, 3.05) is 13.6 Å². The minimum Gasteiger partial charge on any atom is -0.496 e.